The molecule has 1 aliphatic rings. The Balaban J connectivity index is 1.69. The fraction of sp³-hybridized carbons (Fsp3) is 0.368. The van der Waals surface area contributed by atoms with Crippen molar-refractivity contribution >= 4 is 5.91 Å². The van der Waals surface area contributed by atoms with E-state index < -0.39 is 0 Å². The van der Waals surface area contributed by atoms with Crippen molar-refractivity contribution < 1.29 is 13.9 Å². The van der Waals surface area contributed by atoms with E-state index in [0.29, 0.717) is 30.9 Å². The quantitative estimate of drug-likeness (QED) is 0.904. The second-order valence-corrected chi connectivity index (χ2v) is 6.01. The molecule has 6 heteroatoms. The van der Waals surface area contributed by atoms with Crippen molar-refractivity contribution in [2.75, 3.05) is 32.8 Å². The van der Waals surface area contributed by atoms with Gasteiger partial charge in [0.25, 0.3) is 5.91 Å². The Bertz CT molecular complexity index is 755. The zero-order valence-electron chi connectivity index (χ0n) is 14.2. The van der Waals surface area contributed by atoms with Crippen LogP contribution < -0.4 is 5.32 Å². The van der Waals surface area contributed by atoms with Gasteiger partial charge in [0.2, 0.25) is 0 Å². The highest BCUT2D eigenvalue weighted by atomic mass is 16.5. The summed E-state index contributed by atoms with van der Waals surface area (Å²) in [6.45, 7) is 5.33. The summed E-state index contributed by atoms with van der Waals surface area (Å²) in [6.07, 6.45) is 0. The Morgan fingerprint density at radius 3 is 2.56 bits per heavy atom. The number of hydrogen-bond acceptors (Lipinski definition) is 5. The van der Waals surface area contributed by atoms with E-state index in [2.05, 4.69) is 10.2 Å². The third-order valence-corrected chi connectivity index (χ3v) is 4.31. The summed E-state index contributed by atoms with van der Waals surface area (Å²) in [6, 6.07) is 12.5. The summed E-state index contributed by atoms with van der Waals surface area (Å²) in [5, 5.41) is 11.8. The van der Waals surface area contributed by atoms with E-state index in [1.807, 2.05) is 25.1 Å². The molecule has 25 heavy (non-hydrogen) atoms. The standard InChI is InChI=1S/C19H21N3O3/c1-14-2-7-18(25-14)17(22-8-10-24-11-9-22)13-21-19(23)16-5-3-15(12-20)4-6-16/h2-7,17H,8-11,13H2,1H3,(H,21,23)/t17-/m0/s1. The molecule has 2 heterocycles. The number of aryl methyl sites for hydroxylation is 1. The Hall–Kier alpha value is -2.62. The van der Waals surface area contributed by atoms with Crippen LogP contribution in [0.2, 0.25) is 0 Å². The van der Waals surface area contributed by atoms with Crippen molar-refractivity contribution in [3.05, 3.63) is 59.0 Å². The van der Waals surface area contributed by atoms with Crippen molar-refractivity contribution in [1.29, 1.82) is 5.26 Å². The van der Waals surface area contributed by atoms with E-state index in [4.69, 9.17) is 14.4 Å². The molecule has 3 rings (SSSR count). The number of rotatable bonds is 5. The SMILES string of the molecule is Cc1ccc([C@H](CNC(=O)c2ccc(C#N)cc2)N2CCOCC2)o1. The summed E-state index contributed by atoms with van der Waals surface area (Å²) in [4.78, 5) is 14.7. The molecule has 2 aromatic rings. The number of carbonyl (C=O) groups is 1. The number of benzene rings is 1. The summed E-state index contributed by atoms with van der Waals surface area (Å²) in [7, 11) is 0. The van der Waals surface area contributed by atoms with Crippen LogP contribution in [0.4, 0.5) is 0 Å². The van der Waals surface area contributed by atoms with E-state index in [-0.39, 0.29) is 11.9 Å². The van der Waals surface area contributed by atoms with Crippen molar-refractivity contribution in [1.82, 2.24) is 10.2 Å². The molecule has 1 saturated heterocycles. The molecule has 0 unspecified atom stereocenters. The van der Waals surface area contributed by atoms with Gasteiger partial charge in [0.1, 0.15) is 11.5 Å². The first-order valence-corrected chi connectivity index (χ1v) is 8.34. The fourth-order valence-electron chi connectivity index (χ4n) is 2.92. The van der Waals surface area contributed by atoms with Crippen LogP contribution in [0.25, 0.3) is 0 Å². The van der Waals surface area contributed by atoms with Gasteiger partial charge in [-0.3, -0.25) is 9.69 Å². The largest absolute Gasteiger partial charge is 0.465 e. The molecule has 1 N–H and O–H groups in total. The molecule has 1 aromatic carbocycles. The zero-order chi connectivity index (χ0) is 17.6. The van der Waals surface area contributed by atoms with Gasteiger partial charge in [-0.2, -0.15) is 5.26 Å². The van der Waals surface area contributed by atoms with Crippen molar-refractivity contribution in [3.8, 4) is 6.07 Å². The molecule has 1 amide bonds. The first-order valence-electron chi connectivity index (χ1n) is 8.34. The minimum Gasteiger partial charge on any atom is -0.465 e. The molecule has 130 valence electrons. The van der Waals surface area contributed by atoms with Crippen LogP contribution in [0.5, 0.6) is 0 Å². The Morgan fingerprint density at radius 1 is 1.24 bits per heavy atom. The van der Waals surface area contributed by atoms with Gasteiger partial charge in [0.15, 0.2) is 0 Å². The highest BCUT2D eigenvalue weighted by Gasteiger charge is 2.25. The number of nitrogens with one attached hydrogen (secondary N) is 1. The number of nitrogens with zero attached hydrogens (tertiary/aromatic N) is 2. The third kappa shape index (κ3) is 4.27. The Labute approximate surface area is 147 Å². The number of carbonyl (C=O) groups excluding carboxylic acids is 1. The van der Waals surface area contributed by atoms with Gasteiger partial charge >= 0.3 is 0 Å². The number of nitriles is 1. The summed E-state index contributed by atoms with van der Waals surface area (Å²) >= 11 is 0. The lowest BCUT2D eigenvalue weighted by Gasteiger charge is -2.33. The second kappa shape index (κ2) is 7.97. The molecule has 0 radical (unpaired) electrons. The maximum atomic E-state index is 12.4. The van der Waals surface area contributed by atoms with Gasteiger partial charge in [0.05, 0.1) is 30.9 Å². The number of ether oxygens (including phenoxy) is 1. The van der Waals surface area contributed by atoms with Gasteiger partial charge in [0, 0.05) is 25.2 Å². The van der Waals surface area contributed by atoms with E-state index >= 15 is 0 Å². The smallest absolute Gasteiger partial charge is 0.251 e. The minimum absolute atomic E-state index is 0.0278. The van der Waals surface area contributed by atoms with Crippen molar-refractivity contribution in [3.63, 3.8) is 0 Å². The molecule has 6 nitrogen and oxygen atoms in total. The van der Waals surface area contributed by atoms with E-state index in [9.17, 15) is 4.79 Å². The molecule has 1 aliphatic heterocycles. The maximum absolute atomic E-state index is 12.4. The van der Waals surface area contributed by atoms with Crippen LogP contribution in [0, 0.1) is 18.3 Å². The number of furan rings is 1. The molecular weight excluding hydrogens is 318 g/mol. The van der Waals surface area contributed by atoms with Crippen molar-refractivity contribution in [2.24, 2.45) is 0 Å². The summed E-state index contributed by atoms with van der Waals surface area (Å²) in [5.41, 5.74) is 1.07. The van der Waals surface area contributed by atoms with Crippen LogP contribution in [-0.4, -0.2) is 43.7 Å². The zero-order valence-corrected chi connectivity index (χ0v) is 14.2. The maximum Gasteiger partial charge on any atom is 0.251 e. The van der Waals surface area contributed by atoms with Crippen LogP contribution in [0.1, 0.15) is 33.5 Å². The first kappa shape index (κ1) is 17.2. The van der Waals surface area contributed by atoms with E-state index in [0.717, 1.165) is 24.6 Å². The molecule has 0 saturated carbocycles. The van der Waals surface area contributed by atoms with Gasteiger partial charge in [-0.25, -0.2) is 0 Å². The van der Waals surface area contributed by atoms with Crippen LogP contribution in [-0.2, 0) is 4.74 Å². The monoisotopic (exact) mass is 339 g/mol. The highest BCUT2D eigenvalue weighted by Crippen LogP contribution is 2.23. The lowest BCUT2D eigenvalue weighted by atomic mass is 10.1. The summed E-state index contributed by atoms with van der Waals surface area (Å²) < 4.78 is 11.2. The first-order chi connectivity index (χ1) is 12.2. The molecular formula is C19H21N3O3. The molecule has 0 spiro atoms. The van der Waals surface area contributed by atoms with Crippen LogP contribution in [0.15, 0.2) is 40.8 Å². The average Bonchev–Trinajstić information content (AvgIpc) is 3.09. The van der Waals surface area contributed by atoms with E-state index in [1.165, 1.54) is 0 Å². The normalized spacial score (nSPS) is 16.2. The molecule has 0 aliphatic carbocycles. The summed E-state index contributed by atoms with van der Waals surface area (Å²) in [5.74, 6) is 1.54. The average molecular weight is 339 g/mol. The van der Waals surface area contributed by atoms with Gasteiger partial charge < -0.3 is 14.5 Å². The topological polar surface area (TPSA) is 78.5 Å². The number of morpholine rings is 1. The number of hydrogen-bond donors (Lipinski definition) is 1. The minimum atomic E-state index is -0.161. The second-order valence-electron chi connectivity index (χ2n) is 6.01. The molecule has 1 atom stereocenters. The lowest BCUT2D eigenvalue weighted by Crippen LogP contribution is -2.43. The molecule has 1 fully saturated rings. The highest BCUT2D eigenvalue weighted by molar-refractivity contribution is 5.94. The number of amides is 1. The van der Waals surface area contributed by atoms with Crippen molar-refractivity contribution in [2.45, 2.75) is 13.0 Å². The lowest BCUT2D eigenvalue weighted by molar-refractivity contribution is 0.0117. The third-order valence-electron chi connectivity index (χ3n) is 4.31. The molecule has 1 aromatic heterocycles. The Kier molecular flexibility index (Phi) is 5.49. The van der Waals surface area contributed by atoms with Gasteiger partial charge in [-0.05, 0) is 43.3 Å². The van der Waals surface area contributed by atoms with Crippen LogP contribution >= 0.6 is 0 Å². The van der Waals surface area contributed by atoms with Gasteiger partial charge in [-0.1, -0.05) is 0 Å². The van der Waals surface area contributed by atoms with E-state index in [1.54, 1.807) is 24.3 Å². The predicted molar refractivity (Wildman–Crippen MR) is 92.1 cm³/mol. The predicted octanol–water partition coefficient (Wildman–Crippen LogP) is 2.26. The van der Waals surface area contributed by atoms with Gasteiger partial charge in [-0.15, -0.1) is 0 Å². The fourth-order valence-corrected chi connectivity index (χ4v) is 2.92. The molecule has 0 bridgehead atoms. The Morgan fingerprint density at radius 2 is 1.96 bits per heavy atom. The van der Waals surface area contributed by atoms with Crippen LogP contribution in [0.3, 0.4) is 0 Å².